The van der Waals surface area contributed by atoms with Crippen LogP contribution in [0, 0.1) is 5.41 Å². The maximum absolute atomic E-state index is 12.1. The number of aromatic nitrogens is 1. The number of thiazole rings is 1. The van der Waals surface area contributed by atoms with Crippen molar-refractivity contribution in [3.8, 4) is 0 Å². The van der Waals surface area contributed by atoms with Crippen LogP contribution in [0.5, 0.6) is 0 Å². The molecule has 0 saturated carbocycles. The lowest BCUT2D eigenvalue weighted by Gasteiger charge is -2.23. The maximum atomic E-state index is 12.1. The Morgan fingerprint density at radius 1 is 1.47 bits per heavy atom. The van der Waals surface area contributed by atoms with E-state index in [1.165, 1.54) is 11.3 Å². The normalized spacial score (nSPS) is 11.7. The molecule has 2 rings (SSSR count). The van der Waals surface area contributed by atoms with E-state index in [-0.39, 0.29) is 17.9 Å². The molecule has 19 heavy (non-hydrogen) atoms. The smallest absolute Gasteiger partial charge is 0.251 e. The largest absolute Gasteiger partial charge is 0.396 e. The van der Waals surface area contributed by atoms with Gasteiger partial charge >= 0.3 is 0 Å². The number of hydrogen-bond acceptors (Lipinski definition) is 4. The second-order valence-corrected chi connectivity index (χ2v) is 6.24. The molecule has 0 unspecified atom stereocenters. The van der Waals surface area contributed by atoms with Crippen molar-refractivity contribution in [1.29, 1.82) is 0 Å². The Morgan fingerprint density at radius 3 is 3.00 bits per heavy atom. The summed E-state index contributed by atoms with van der Waals surface area (Å²) in [7, 11) is 0. The van der Waals surface area contributed by atoms with Gasteiger partial charge in [-0.3, -0.25) is 4.79 Å². The zero-order valence-electron chi connectivity index (χ0n) is 11.1. The van der Waals surface area contributed by atoms with E-state index < -0.39 is 0 Å². The SMILES string of the molecule is CC(C)(CCO)CNC(=O)c1ccc2ncsc2c1. The van der Waals surface area contributed by atoms with Crippen LogP contribution in [0.1, 0.15) is 30.6 Å². The number of benzene rings is 1. The molecule has 2 N–H and O–H groups in total. The van der Waals surface area contributed by atoms with Crippen LogP contribution >= 0.6 is 11.3 Å². The third-order valence-corrected chi connectivity index (χ3v) is 3.90. The molecule has 0 saturated heterocycles. The third-order valence-electron chi connectivity index (χ3n) is 3.11. The van der Waals surface area contributed by atoms with E-state index >= 15 is 0 Å². The van der Waals surface area contributed by atoms with E-state index in [9.17, 15) is 4.79 Å². The molecular weight excluding hydrogens is 260 g/mol. The van der Waals surface area contributed by atoms with E-state index in [4.69, 9.17) is 5.11 Å². The Balaban J connectivity index is 2.03. The number of aliphatic hydroxyl groups is 1. The Hall–Kier alpha value is -1.46. The number of aliphatic hydroxyl groups excluding tert-OH is 1. The predicted octanol–water partition coefficient (Wildman–Crippen LogP) is 2.43. The van der Waals surface area contributed by atoms with Crippen molar-refractivity contribution in [2.75, 3.05) is 13.2 Å². The number of carbonyl (C=O) groups excluding carboxylic acids is 1. The molecule has 2 aromatic rings. The van der Waals surface area contributed by atoms with Crippen molar-refractivity contribution in [2.45, 2.75) is 20.3 Å². The first-order valence-electron chi connectivity index (χ1n) is 6.24. The van der Waals surface area contributed by atoms with Crippen LogP contribution < -0.4 is 5.32 Å². The molecule has 0 radical (unpaired) electrons. The van der Waals surface area contributed by atoms with E-state index in [2.05, 4.69) is 10.3 Å². The van der Waals surface area contributed by atoms with Crippen molar-refractivity contribution in [2.24, 2.45) is 5.41 Å². The second kappa shape index (κ2) is 5.67. The van der Waals surface area contributed by atoms with Crippen molar-refractivity contribution in [3.05, 3.63) is 29.3 Å². The summed E-state index contributed by atoms with van der Waals surface area (Å²) in [6.45, 7) is 4.73. The quantitative estimate of drug-likeness (QED) is 0.883. The molecule has 0 aliphatic carbocycles. The summed E-state index contributed by atoms with van der Waals surface area (Å²) in [4.78, 5) is 16.3. The molecule has 4 nitrogen and oxygen atoms in total. The number of carbonyl (C=O) groups is 1. The molecule has 1 amide bonds. The highest BCUT2D eigenvalue weighted by Gasteiger charge is 2.18. The molecule has 102 valence electrons. The minimum atomic E-state index is -0.0982. The fraction of sp³-hybridized carbons (Fsp3) is 0.429. The van der Waals surface area contributed by atoms with Gasteiger partial charge < -0.3 is 10.4 Å². The molecule has 0 spiro atoms. The summed E-state index contributed by atoms with van der Waals surface area (Å²) in [5, 5.41) is 11.9. The lowest BCUT2D eigenvalue weighted by atomic mass is 9.89. The van der Waals surface area contributed by atoms with Crippen LogP contribution in [0.4, 0.5) is 0 Å². The van der Waals surface area contributed by atoms with Gasteiger partial charge in [-0.15, -0.1) is 11.3 Å². The van der Waals surface area contributed by atoms with Crippen LogP contribution in [0.3, 0.4) is 0 Å². The topological polar surface area (TPSA) is 62.2 Å². The van der Waals surface area contributed by atoms with Gasteiger partial charge in [0, 0.05) is 18.7 Å². The Labute approximate surface area is 116 Å². The van der Waals surface area contributed by atoms with Crippen LogP contribution in [0.15, 0.2) is 23.7 Å². The summed E-state index contributed by atoms with van der Waals surface area (Å²) in [6, 6.07) is 5.51. The molecule has 0 aliphatic heterocycles. The zero-order chi connectivity index (χ0) is 13.9. The highest BCUT2D eigenvalue weighted by Crippen LogP contribution is 2.20. The van der Waals surface area contributed by atoms with Gasteiger partial charge in [-0.2, -0.15) is 0 Å². The minimum Gasteiger partial charge on any atom is -0.396 e. The second-order valence-electron chi connectivity index (χ2n) is 5.36. The monoisotopic (exact) mass is 278 g/mol. The predicted molar refractivity (Wildman–Crippen MR) is 77.4 cm³/mol. The molecule has 5 heteroatoms. The minimum absolute atomic E-state index is 0.0821. The molecule has 1 aromatic heterocycles. The van der Waals surface area contributed by atoms with Gasteiger partial charge in [0.25, 0.3) is 5.91 Å². The zero-order valence-corrected chi connectivity index (χ0v) is 12.0. The van der Waals surface area contributed by atoms with Gasteiger partial charge in [-0.25, -0.2) is 4.98 Å². The fourth-order valence-corrected chi connectivity index (χ4v) is 2.53. The number of nitrogens with one attached hydrogen (secondary N) is 1. The Morgan fingerprint density at radius 2 is 2.26 bits per heavy atom. The van der Waals surface area contributed by atoms with Gasteiger partial charge in [0.1, 0.15) is 0 Å². The van der Waals surface area contributed by atoms with E-state index in [1.54, 1.807) is 11.6 Å². The number of nitrogens with zero attached hydrogens (tertiary/aromatic N) is 1. The first-order chi connectivity index (χ1) is 9.02. The van der Waals surface area contributed by atoms with Gasteiger partial charge in [0.05, 0.1) is 15.7 Å². The summed E-state index contributed by atoms with van der Waals surface area (Å²) in [5.41, 5.74) is 3.24. The molecule has 1 aromatic carbocycles. The third kappa shape index (κ3) is 3.52. The van der Waals surface area contributed by atoms with E-state index in [0.717, 1.165) is 10.2 Å². The first-order valence-corrected chi connectivity index (χ1v) is 7.12. The van der Waals surface area contributed by atoms with Crippen LogP contribution in [0.2, 0.25) is 0 Å². The number of rotatable bonds is 5. The fourth-order valence-electron chi connectivity index (χ4n) is 1.81. The van der Waals surface area contributed by atoms with Gasteiger partial charge in [-0.05, 0) is 30.0 Å². The highest BCUT2D eigenvalue weighted by molar-refractivity contribution is 7.16. The number of fused-ring (bicyclic) bond motifs is 1. The van der Waals surface area contributed by atoms with Crippen molar-refractivity contribution in [1.82, 2.24) is 10.3 Å². The van der Waals surface area contributed by atoms with Crippen molar-refractivity contribution < 1.29 is 9.90 Å². The highest BCUT2D eigenvalue weighted by atomic mass is 32.1. The van der Waals surface area contributed by atoms with E-state index in [0.29, 0.717) is 18.5 Å². The van der Waals surface area contributed by atoms with E-state index in [1.807, 2.05) is 26.0 Å². The molecule has 0 bridgehead atoms. The molecular formula is C14H18N2O2S. The lowest BCUT2D eigenvalue weighted by molar-refractivity contribution is 0.0928. The van der Waals surface area contributed by atoms with Crippen LogP contribution in [-0.2, 0) is 0 Å². The number of amides is 1. The standard InChI is InChI=1S/C14H18N2O2S/c1-14(2,5-6-17)8-15-13(18)10-3-4-11-12(7-10)19-9-16-11/h3-4,7,9,17H,5-6,8H2,1-2H3,(H,15,18). The van der Waals surface area contributed by atoms with Gasteiger partial charge in [0.15, 0.2) is 0 Å². The molecule has 0 fully saturated rings. The first kappa shape index (κ1) is 14.0. The molecule has 1 heterocycles. The number of hydrogen-bond donors (Lipinski definition) is 2. The van der Waals surface area contributed by atoms with Crippen molar-refractivity contribution in [3.63, 3.8) is 0 Å². The molecule has 0 aliphatic rings. The average Bonchev–Trinajstić information content (AvgIpc) is 2.83. The Kier molecular flexibility index (Phi) is 4.17. The maximum Gasteiger partial charge on any atom is 0.251 e. The van der Waals surface area contributed by atoms with Gasteiger partial charge in [0.2, 0.25) is 0 Å². The van der Waals surface area contributed by atoms with Crippen LogP contribution in [0.25, 0.3) is 10.2 Å². The van der Waals surface area contributed by atoms with Gasteiger partial charge in [-0.1, -0.05) is 13.8 Å². The average molecular weight is 278 g/mol. The molecule has 0 atom stereocenters. The summed E-state index contributed by atoms with van der Waals surface area (Å²) >= 11 is 1.53. The summed E-state index contributed by atoms with van der Waals surface area (Å²) in [6.07, 6.45) is 0.668. The Bertz CT molecular complexity index is 578. The van der Waals surface area contributed by atoms with Crippen LogP contribution in [-0.4, -0.2) is 29.1 Å². The lowest BCUT2D eigenvalue weighted by Crippen LogP contribution is -2.34. The van der Waals surface area contributed by atoms with Crippen molar-refractivity contribution >= 4 is 27.5 Å². The summed E-state index contributed by atoms with van der Waals surface area (Å²) in [5.74, 6) is -0.0821. The summed E-state index contributed by atoms with van der Waals surface area (Å²) < 4.78 is 1.02.